The molecule has 0 saturated carbocycles. The highest BCUT2D eigenvalue weighted by Crippen LogP contribution is 2.27. The number of carboxylic acid groups (broad SMARTS) is 1. The van der Waals surface area contributed by atoms with Crippen LogP contribution in [-0.2, 0) is 11.3 Å². The summed E-state index contributed by atoms with van der Waals surface area (Å²) in [6, 6.07) is 21.0. The van der Waals surface area contributed by atoms with Gasteiger partial charge in [0.05, 0.1) is 6.61 Å². The number of halogens is 1. The van der Waals surface area contributed by atoms with Gasteiger partial charge in [-0.25, -0.2) is 0 Å². The van der Waals surface area contributed by atoms with Crippen LogP contribution in [0.3, 0.4) is 0 Å². The van der Waals surface area contributed by atoms with Gasteiger partial charge >= 0.3 is 5.97 Å². The number of carboxylic acids is 1. The first-order valence-electron chi connectivity index (χ1n) is 9.68. The molecule has 0 amide bonds. The number of hydrogen-bond donors (Lipinski definition) is 3. The van der Waals surface area contributed by atoms with Crippen LogP contribution in [0, 0.1) is 6.92 Å². The highest BCUT2D eigenvalue weighted by molar-refractivity contribution is 6.32. The SMILES string of the molecule is Cc1c(/C=C/c2cc(CNC(CO)C(=O)O)ccc2Cl)cccc1-c1ccccc1. The molecule has 5 heteroatoms. The monoisotopic (exact) mass is 421 g/mol. The molecule has 0 fully saturated rings. The van der Waals surface area contributed by atoms with Crippen LogP contribution < -0.4 is 5.32 Å². The Morgan fingerprint density at radius 3 is 2.47 bits per heavy atom. The molecule has 0 saturated heterocycles. The second kappa shape index (κ2) is 10.2. The Labute approximate surface area is 181 Å². The summed E-state index contributed by atoms with van der Waals surface area (Å²) in [5, 5.41) is 21.6. The Balaban J connectivity index is 1.82. The zero-order valence-corrected chi connectivity index (χ0v) is 17.4. The van der Waals surface area contributed by atoms with E-state index in [1.807, 2.05) is 48.6 Å². The maximum atomic E-state index is 11.0. The summed E-state index contributed by atoms with van der Waals surface area (Å²) in [6.45, 7) is 1.95. The minimum absolute atomic E-state index is 0.318. The van der Waals surface area contributed by atoms with Gasteiger partial charge in [-0.1, -0.05) is 78.4 Å². The van der Waals surface area contributed by atoms with E-state index >= 15 is 0 Å². The van der Waals surface area contributed by atoms with E-state index in [0.717, 1.165) is 16.7 Å². The van der Waals surface area contributed by atoms with Gasteiger partial charge < -0.3 is 10.2 Å². The summed E-state index contributed by atoms with van der Waals surface area (Å²) in [5.74, 6) is -1.08. The summed E-state index contributed by atoms with van der Waals surface area (Å²) in [7, 11) is 0. The lowest BCUT2D eigenvalue weighted by Gasteiger charge is -2.12. The average molecular weight is 422 g/mol. The van der Waals surface area contributed by atoms with Crippen molar-refractivity contribution < 1.29 is 15.0 Å². The molecule has 0 bridgehead atoms. The van der Waals surface area contributed by atoms with Crippen LogP contribution in [-0.4, -0.2) is 28.8 Å². The molecule has 0 aliphatic heterocycles. The fraction of sp³-hybridized carbons (Fsp3) is 0.160. The normalized spacial score (nSPS) is 12.2. The van der Waals surface area contributed by atoms with Crippen molar-refractivity contribution in [3.05, 3.63) is 94.0 Å². The van der Waals surface area contributed by atoms with Crippen LogP contribution in [0.5, 0.6) is 0 Å². The Kier molecular flexibility index (Phi) is 7.41. The van der Waals surface area contributed by atoms with E-state index in [9.17, 15) is 4.79 Å². The predicted octanol–water partition coefficient (Wildman–Crippen LogP) is 5.02. The van der Waals surface area contributed by atoms with Crippen LogP contribution in [0.1, 0.15) is 22.3 Å². The van der Waals surface area contributed by atoms with Crippen molar-refractivity contribution in [1.82, 2.24) is 5.32 Å². The van der Waals surface area contributed by atoms with Gasteiger partial charge in [0.1, 0.15) is 6.04 Å². The maximum Gasteiger partial charge on any atom is 0.323 e. The summed E-state index contributed by atoms with van der Waals surface area (Å²) in [6.07, 6.45) is 4.00. The van der Waals surface area contributed by atoms with Gasteiger partial charge in [-0.05, 0) is 52.4 Å². The van der Waals surface area contributed by atoms with E-state index in [1.54, 1.807) is 6.07 Å². The molecule has 4 nitrogen and oxygen atoms in total. The molecule has 30 heavy (non-hydrogen) atoms. The summed E-state index contributed by atoms with van der Waals surface area (Å²) in [5.41, 5.74) is 6.37. The van der Waals surface area contributed by atoms with Gasteiger partial charge in [0.25, 0.3) is 0 Å². The van der Waals surface area contributed by atoms with E-state index in [1.165, 1.54) is 16.7 Å². The van der Waals surface area contributed by atoms with Gasteiger partial charge in [-0.2, -0.15) is 0 Å². The second-order valence-electron chi connectivity index (χ2n) is 7.03. The lowest BCUT2D eigenvalue weighted by atomic mass is 9.96. The van der Waals surface area contributed by atoms with Crippen molar-refractivity contribution in [2.24, 2.45) is 0 Å². The molecule has 0 aliphatic carbocycles. The number of rotatable bonds is 8. The molecule has 0 spiro atoms. The van der Waals surface area contributed by atoms with E-state index < -0.39 is 18.6 Å². The number of hydrogen-bond acceptors (Lipinski definition) is 3. The Hall–Kier alpha value is -2.92. The smallest absolute Gasteiger partial charge is 0.323 e. The largest absolute Gasteiger partial charge is 0.480 e. The number of aliphatic hydroxyl groups excluding tert-OH is 1. The van der Waals surface area contributed by atoms with E-state index in [-0.39, 0.29) is 0 Å². The molecule has 0 aliphatic rings. The molecular weight excluding hydrogens is 398 g/mol. The van der Waals surface area contributed by atoms with Crippen LogP contribution in [0.15, 0.2) is 66.7 Å². The third-order valence-corrected chi connectivity index (χ3v) is 5.34. The lowest BCUT2D eigenvalue weighted by Crippen LogP contribution is -2.39. The molecule has 0 aromatic heterocycles. The zero-order chi connectivity index (χ0) is 21.5. The first kappa shape index (κ1) is 21.8. The number of aliphatic carboxylic acids is 1. The topological polar surface area (TPSA) is 69.6 Å². The molecule has 1 atom stereocenters. The third-order valence-electron chi connectivity index (χ3n) is 5.00. The van der Waals surface area contributed by atoms with Gasteiger partial charge in [0, 0.05) is 11.6 Å². The molecule has 154 valence electrons. The number of aliphatic hydroxyl groups is 1. The molecule has 3 aromatic carbocycles. The van der Waals surface area contributed by atoms with Crippen molar-refractivity contribution in [2.75, 3.05) is 6.61 Å². The fourth-order valence-electron chi connectivity index (χ4n) is 3.25. The van der Waals surface area contributed by atoms with Gasteiger partial charge in [-0.15, -0.1) is 0 Å². The fourth-order valence-corrected chi connectivity index (χ4v) is 3.43. The Morgan fingerprint density at radius 2 is 1.77 bits per heavy atom. The zero-order valence-electron chi connectivity index (χ0n) is 16.7. The predicted molar refractivity (Wildman–Crippen MR) is 122 cm³/mol. The highest BCUT2D eigenvalue weighted by Gasteiger charge is 2.15. The third kappa shape index (κ3) is 5.36. The first-order valence-corrected chi connectivity index (χ1v) is 10.1. The standard InChI is InChI=1S/C25H24ClNO3/c1-17-19(8-5-9-22(17)20-6-3-2-4-7-20)11-12-21-14-18(10-13-23(21)26)15-27-24(16-28)25(29)30/h2-14,24,27-28H,15-16H2,1H3,(H,29,30)/b12-11+. The highest BCUT2D eigenvalue weighted by atomic mass is 35.5. The van der Waals surface area contributed by atoms with Crippen molar-refractivity contribution in [1.29, 1.82) is 0 Å². The first-order chi connectivity index (χ1) is 14.5. The van der Waals surface area contributed by atoms with E-state index in [2.05, 4.69) is 36.5 Å². The number of nitrogens with one attached hydrogen (secondary N) is 1. The lowest BCUT2D eigenvalue weighted by molar-refractivity contribution is -0.140. The van der Waals surface area contributed by atoms with Crippen molar-refractivity contribution in [2.45, 2.75) is 19.5 Å². The van der Waals surface area contributed by atoms with Crippen molar-refractivity contribution >= 4 is 29.7 Å². The van der Waals surface area contributed by atoms with Crippen LogP contribution in [0.4, 0.5) is 0 Å². The molecular formula is C25H24ClNO3. The van der Waals surface area contributed by atoms with E-state index in [0.29, 0.717) is 11.6 Å². The number of benzene rings is 3. The molecule has 3 N–H and O–H groups in total. The summed E-state index contributed by atoms with van der Waals surface area (Å²) < 4.78 is 0. The molecule has 1 unspecified atom stereocenters. The van der Waals surface area contributed by atoms with Gasteiger partial charge in [0.2, 0.25) is 0 Å². The summed E-state index contributed by atoms with van der Waals surface area (Å²) in [4.78, 5) is 11.0. The Bertz CT molecular complexity index is 1050. The molecule has 0 radical (unpaired) electrons. The van der Waals surface area contributed by atoms with Crippen LogP contribution in [0.25, 0.3) is 23.3 Å². The quantitative estimate of drug-likeness (QED) is 0.446. The van der Waals surface area contributed by atoms with E-state index in [4.69, 9.17) is 21.8 Å². The van der Waals surface area contributed by atoms with Crippen LogP contribution >= 0.6 is 11.6 Å². The molecule has 3 aromatic rings. The number of carbonyl (C=O) groups is 1. The Morgan fingerprint density at radius 1 is 1.03 bits per heavy atom. The molecule has 3 rings (SSSR count). The van der Waals surface area contributed by atoms with Gasteiger partial charge in [0.15, 0.2) is 0 Å². The van der Waals surface area contributed by atoms with Crippen molar-refractivity contribution in [3.8, 4) is 11.1 Å². The second-order valence-corrected chi connectivity index (χ2v) is 7.44. The molecule has 0 heterocycles. The van der Waals surface area contributed by atoms with Crippen molar-refractivity contribution in [3.63, 3.8) is 0 Å². The van der Waals surface area contributed by atoms with Gasteiger partial charge in [-0.3, -0.25) is 10.1 Å². The minimum Gasteiger partial charge on any atom is -0.480 e. The maximum absolute atomic E-state index is 11.0. The average Bonchev–Trinajstić information content (AvgIpc) is 2.75. The summed E-state index contributed by atoms with van der Waals surface area (Å²) >= 11 is 6.36. The van der Waals surface area contributed by atoms with Crippen LogP contribution in [0.2, 0.25) is 5.02 Å². The minimum atomic E-state index is -1.08.